The van der Waals surface area contributed by atoms with Crippen LogP contribution in [0.25, 0.3) is 11.1 Å². The maximum absolute atomic E-state index is 13.4. The first kappa shape index (κ1) is 67.0. The Hall–Kier alpha value is -5.49. The zero-order valence-corrected chi connectivity index (χ0v) is 52.3. The summed E-state index contributed by atoms with van der Waals surface area (Å²) in [5.74, 6) is 5.24. The van der Waals surface area contributed by atoms with Crippen molar-refractivity contribution in [1.29, 1.82) is 0 Å². The Morgan fingerprint density at radius 2 is 1.74 bits per heavy atom. The summed E-state index contributed by atoms with van der Waals surface area (Å²) < 4.78 is 133. The van der Waals surface area contributed by atoms with Gasteiger partial charge in [0.25, 0.3) is 10.1 Å². The van der Waals surface area contributed by atoms with Crippen molar-refractivity contribution in [3.63, 3.8) is 0 Å². The average Bonchev–Trinajstić information content (AvgIpc) is 1.82. The van der Waals surface area contributed by atoms with E-state index >= 15 is 0 Å². The topological polar surface area (TPSA) is 383 Å². The van der Waals surface area contributed by atoms with E-state index in [-0.39, 0.29) is 78.7 Å². The lowest BCUT2D eigenvalue weighted by Gasteiger charge is -2.30. The van der Waals surface area contributed by atoms with E-state index in [1.54, 1.807) is 6.07 Å². The first-order valence-electron chi connectivity index (χ1n) is 26.9. The average molecular weight is 1280 g/mol. The van der Waals surface area contributed by atoms with Crippen LogP contribution in [0.1, 0.15) is 135 Å². The van der Waals surface area contributed by atoms with Crippen LogP contribution in [0.5, 0.6) is 5.75 Å². The van der Waals surface area contributed by atoms with Crippen LogP contribution < -0.4 is 36.6 Å². The lowest BCUT2D eigenvalue weighted by molar-refractivity contribution is -0.121. The number of carbonyl (C=O) groups excluding carboxylic acids is 1. The van der Waals surface area contributed by atoms with Gasteiger partial charge in [-0.1, -0.05) is 81.6 Å². The smallest absolute Gasteiger partial charge is 0.490 e. The van der Waals surface area contributed by atoms with Crippen LogP contribution in [0, 0.1) is 17.3 Å². The molecule has 25 nitrogen and oxygen atoms in total. The number of allylic oxidation sites excluding steroid dienone is 9. The van der Waals surface area contributed by atoms with Gasteiger partial charge in [-0.3, -0.25) is 18.4 Å². The number of hydrogen-bond donors (Lipinski definition) is 7. The number of nitrogens with zero attached hydrogens (tertiary/aromatic N) is 3. The predicted molar refractivity (Wildman–Crippen MR) is 313 cm³/mol. The lowest BCUT2D eigenvalue weighted by Crippen LogP contribution is -2.49. The van der Waals surface area contributed by atoms with Crippen molar-refractivity contribution in [3.05, 3.63) is 134 Å². The number of rotatable bonds is 22. The SMILES string of the molecule is CC[N+]1=c2cc3c(cc2C(C)=CC1(C)C)=C(/C=C/C=C/C=C1\C(CCCS(=O)(=O)[O-])c2ccc(S(=O)(=O)O)cc2C1(C)CCCC(=O)NCC#Cc1cn([C@H]2CC[C@@H](COP(=O)(O)OP(=O)(O)OP(=O)(O)O)O2)c(=O)nc1N)C=C(C(C)(C)C)O3. The van der Waals surface area contributed by atoms with E-state index in [0.717, 1.165) is 55.5 Å². The Labute approximate surface area is 492 Å². The predicted octanol–water partition coefficient (Wildman–Crippen LogP) is 6.03. The Bertz CT molecular complexity index is 3980. The molecule has 0 radical (unpaired) electrons. The molecule has 30 heteroatoms. The lowest BCUT2D eigenvalue weighted by atomic mass is 9.74. The minimum atomic E-state index is -5.75. The molecule has 2 aromatic carbocycles. The van der Waals surface area contributed by atoms with Crippen LogP contribution >= 0.6 is 23.5 Å². The van der Waals surface area contributed by atoms with Crippen LogP contribution in [0.3, 0.4) is 0 Å². The van der Waals surface area contributed by atoms with Gasteiger partial charge >= 0.3 is 29.2 Å². The number of nitrogen functional groups attached to an aromatic ring is 1. The summed E-state index contributed by atoms with van der Waals surface area (Å²) in [7, 11) is -26.1. The first-order valence-corrected chi connectivity index (χ1v) is 34.5. The van der Waals surface area contributed by atoms with Gasteiger partial charge in [-0.2, -0.15) is 22.0 Å². The molecule has 8 N–H and O–H groups in total. The molecule has 0 bridgehead atoms. The number of ether oxygens (including phenoxy) is 2. The van der Waals surface area contributed by atoms with Crippen molar-refractivity contribution in [1.82, 2.24) is 19.4 Å². The summed E-state index contributed by atoms with van der Waals surface area (Å²) in [6.45, 7) is 16.6. The van der Waals surface area contributed by atoms with Crippen molar-refractivity contribution in [3.8, 4) is 17.6 Å². The van der Waals surface area contributed by atoms with Crippen LogP contribution in [0.15, 0.2) is 100 Å². The third-order valence-corrected chi connectivity index (χ3v) is 20.3. The summed E-state index contributed by atoms with van der Waals surface area (Å²) in [5, 5.41) is 4.71. The van der Waals surface area contributed by atoms with Crippen LogP contribution in [0.2, 0.25) is 0 Å². The highest BCUT2D eigenvalue weighted by molar-refractivity contribution is 7.86. The summed E-state index contributed by atoms with van der Waals surface area (Å²) in [5.41, 5.74) is 8.85. The monoisotopic (exact) mass is 1280 g/mol. The van der Waals surface area contributed by atoms with E-state index in [2.05, 4.69) is 107 Å². The van der Waals surface area contributed by atoms with Crippen molar-refractivity contribution >= 4 is 66.6 Å². The molecular formula is C55H70N5O20P3S2. The molecule has 462 valence electrons. The number of hydrogen-bond acceptors (Lipinski definition) is 17. The largest absolute Gasteiger partial charge is 0.748 e. The Kier molecular flexibility index (Phi) is 20.3. The number of nitrogens with two attached hydrogens (primary N) is 1. The Balaban J connectivity index is 1.09. The molecule has 3 aromatic rings. The molecule has 4 heterocycles. The number of fused-ring (bicyclic) bond motifs is 3. The molecule has 6 atom stereocenters. The minimum Gasteiger partial charge on any atom is -0.748 e. The quantitative estimate of drug-likeness (QED) is 0.0198. The van der Waals surface area contributed by atoms with Gasteiger partial charge in [0.15, 0.2) is 5.54 Å². The van der Waals surface area contributed by atoms with Crippen LogP contribution in [-0.2, 0) is 62.0 Å². The molecule has 1 aromatic heterocycles. The van der Waals surface area contributed by atoms with Gasteiger partial charge < -0.3 is 44.7 Å². The molecular weight excluding hydrogens is 1210 g/mol. The summed E-state index contributed by atoms with van der Waals surface area (Å²) in [6.07, 6.45) is 13.9. The van der Waals surface area contributed by atoms with Gasteiger partial charge in [-0.25, -0.2) is 31.5 Å². The van der Waals surface area contributed by atoms with E-state index in [0.29, 0.717) is 11.1 Å². The number of phosphoric acid groups is 3. The Morgan fingerprint density at radius 1 is 1.02 bits per heavy atom. The Morgan fingerprint density at radius 3 is 2.40 bits per heavy atom. The fourth-order valence-electron chi connectivity index (χ4n) is 11.0. The zero-order chi connectivity index (χ0) is 62.9. The molecule has 3 aliphatic heterocycles. The second kappa shape index (κ2) is 25.7. The third kappa shape index (κ3) is 17.0. The van der Waals surface area contributed by atoms with E-state index in [1.807, 2.05) is 43.4 Å². The van der Waals surface area contributed by atoms with Crippen molar-refractivity contribution in [2.75, 3.05) is 31.2 Å². The standard InChI is InChI=1S/C55H70N5O20P3S2/c1-9-60-46-31-47-43(30-42(46)35(2)32-54(60,6)7)36(28-48(78-47)53(3,4)5)16-11-10-12-19-44-40(18-15-27-84(70,71)72)41-23-22-39(85(73,74)75)29-45(41)55(44,8)25-13-20-49(61)57-26-14-17-37-33-59(52(62)58-51(37)56)50-24-21-38(77-50)34-76-82(66,67)80-83(68,69)79-81(63,64)65/h10-12,16,19,22-23,28-33,38,40,50H,9,13,15,18,20-21,24-27,34H2,1-8H3,(H8-,56,57,58,61,62,63,64,65,66,67,68,69,70,71,72,73,74,75)/b12-10+,16-11+,44-19+/t38-,40?,50+,55?/m0/s1. The van der Waals surface area contributed by atoms with Crippen molar-refractivity contribution in [2.24, 2.45) is 5.41 Å². The molecule has 1 amide bonds. The number of benzene rings is 2. The van der Waals surface area contributed by atoms with E-state index in [4.69, 9.17) is 25.0 Å². The van der Waals surface area contributed by atoms with Crippen molar-refractivity contribution < 1.29 is 86.6 Å². The van der Waals surface area contributed by atoms with Crippen molar-refractivity contribution in [2.45, 2.75) is 134 Å². The summed E-state index contributed by atoms with van der Waals surface area (Å²) in [6, 6.07) is 8.51. The number of amides is 1. The number of anilines is 1. The van der Waals surface area contributed by atoms with Gasteiger partial charge in [-0.05, 0) is 105 Å². The first-order chi connectivity index (χ1) is 39.3. The third-order valence-electron chi connectivity index (χ3n) is 14.8. The van der Waals surface area contributed by atoms with Gasteiger partial charge in [0.05, 0.1) is 45.9 Å². The number of likely N-dealkylation sites (N-methyl/N-ethyl adjacent to an activating group) is 1. The molecule has 0 saturated carbocycles. The van der Waals surface area contributed by atoms with E-state index < -0.39 is 91.3 Å². The van der Waals surface area contributed by atoms with Crippen LogP contribution in [-0.4, -0.2) is 98.1 Å². The minimum absolute atomic E-state index is 0.00494. The molecule has 1 aliphatic carbocycles. The van der Waals surface area contributed by atoms with E-state index in [9.17, 15) is 59.0 Å². The highest BCUT2D eigenvalue weighted by Gasteiger charge is 2.45. The number of carbonyl (C=O) groups is 1. The molecule has 7 rings (SSSR count). The van der Waals surface area contributed by atoms with Crippen LogP contribution in [0.4, 0.5) is 5.82 Å². The molecule has 85 heavy (non-hydrogen) atoms. The number of phosphoric ester groups is 1. The second-order valence-corrected chi connectivity index (χ2v) is 30.0. The zero-order valence-electron chi connectivity index (χ0n) is 48.0. The second-order valence-electron chi connectivity index (χ2n) is 22.6. The maximum Gasteiger partial charge on any atom is 0.490 e. The fraction of sp³-hybridized carbons (Fsp3) is 0.455. The molecule has 4 unspecified atom stereocenters. The summed E-state index contributed by atoms with van der Waals surface area (Å²) >= 11 is 0. The highest BCUT2D eigenvalue weighted by atomic mass is 32.2. The summed E-state index contributed by atoms with van der Waals surface area (Å²) in [4.78, 5) is 66.4. The molecule has 4 aliphatic rings. The fourth-order valence-corrected chi connectivity index (χ4v) is 15.1. The van der Waals surface area contributed by atoms with E-state index in [1.165, 1.54) is 18.3 Å². The van der Waals surface area contributed by atoms with Gasteiger partial charge in [-0.15, -0.1) is 0 Å². The molecule has 0 spiro atoms. The normalized spacial score (nSPS) is 22.4. The number of nitrogens with one attached hydrogen (secondary N) is 1. The number of aromatic nitrogens is 2. The molecule has 1 saturated heterocycles. The van der Waals surface area contributed by atoms with Gasteiger partial charge in [0.2, 0.25) is 11.3 Å². The highest BCUT2D eigenvalue weighted by Crippen LogP contribution is 2.66. The molecule has 1 fully saturated rings. The van der Waals surface area contributed by atoms with Gasteiger partial charge in [0, 0.05) is 59.7 Å². The van der Waals surface area contributed by atoms with Gasteiger partial charge in [0.1, 0.15) is 30.1 Å². The maximum atomic E-state index is 13.4.